The van der Waals surface area contributed by atoms with Crippen LogP contribution in [-0.4, -0.2) is 18.5 Å². The lowest BCUT2D eigenvalue weighted by Crippen LogP contribution is -2.12. The number of methoxy groups -OCH3 is 1. The Bertz CT molecular complexity index is 56.0. The van der Waals surface area contributed by atoms with Crippen LogP contribution >= 0.6 is 12.6 Å². The number of hydrogen-bond acceptors (Lipinski definition) is 2. The summed E-state index contributed by atoms with van der Waals surface area (Å²) >= 11 is 4.31. The van der Waals surface area contributed by atoms with E-state index in [0.29, 0.717) is 0 Å². The van der Waals surface area contributed by atoms with Crippen molar-refractivity contribution in [1.29, 1.82) is 0 Å². The van der Waals surface area contributed by atoms with Gasteiger partial charge in [0.25, 0.3) is 0 Å². The standard InChI is InChI=1S/C6H14OS/c1-6(2,8)4-5-7-3/h8H,4-5H2,1-3H3. The number of ether oxygens (including phenoxy) is 1. The Kier molecular flexibility index (Phi) is 3.49. The Morgan fingerprint density at radius 1 is 1.50 bits per heavy atom. The van der Waals surface area contributed by atoms with Crippen LogP contribution in [0.3, 0.4) is 0 Å². The van der Waals surface area contributed by atoms with Gasteiger partial charge in [0.2, 0.25) is 0 Å². The van der Waals surface area contributed by atoms with Crippen molar-refractivity contribution in [2.45, 2.75) is 25.0 Å². The highest BCUT2D eigenvalue weighted by Gasteiger charge is 2.09. The van der Waals surface area contributed by atoms with Crippen LogP contribution in [0.25, 0.3) is 0 Å². The summed E-state index contributed by atoms with van der Waals surface area (Å²) < 4.78 is 4.99. The van der Waals surface area contributed by atoms with Crippen LogP contribution in [0.1, 0.15) is 20.3 Å². The minimum atomic E-state index is 0.121. The first-order valence-electron chi connectivity index (χ1n) is 2.77. The van der Waals surface area contributed by atoms with Gasteiger partial charge in [-0.3, -0.25) is 0 Å². The third-order valence-corrected chi connectivity index (χ3v) is 1.14. The van der Waals surface area contributed by atoms with Crippen LogP contribution in [0.2, 0.25) is 0 Å². The number of rotatable bonds is 3. The summed E-state index contributed by atoms with van der Waals surface area (Å²) in [5.41, 5.74) is 0. The van der Waals surface area contributed by atoms with E-state index in [2.05, 4.69) is 26.5 Å². The quantitative estimate of drug-likeness (QED) is 0.578. The molecule has 0 unspecified atom stereocenters. The molecule has 50 valence electrons. The van der Waals surface area contributed by atoms with Gasteiger partial charge < -0.3 is 4.74 Å². The van der Waals surface area contributed by atoms with Crippen molar-refractivity contribution in [3.8, 4) is 0 Å². The minimum Gasteiger partial charge on any atom is -0.385 e. The smallest absolute Gasteiger partial charge is 0.0475 e. The molecule has 0 aromatic heterocycles. The zero-order valence-electron chi connectivity index (χ0n) is 5.77. The van der Waals surface area contributed by atoms with E-state index in [0.717, 1.165) is 13.0 Å². The fraction of sp³-hybridized carbons (Fsp3) is 1.00. The van der Waals surface area contributed by atoms with Crippen LogP contribution in [-0.2, 0) is 4.74 Å². The van der Waals surface area contributed by atoms with E-state index in [-0.39, 0.29) is 4.75 Å². The lowest BCUT2D eigenvalue weighted by Gasteiger charge is -2.15. The third-order valence-electron chi connectivity index (χ3n) is 0.918. The summed E-state index contributed by atoms with van der Waals surface area (Å²) in [7, 11) is 1.71. The summed E-state index contributed by atoms with van der Waals surface area (Å²) in [6.07, 6.45) is 1.01. The monoisotopic (exact) mass is 134 g/mol. The lowest BCUT2D eigenvalue weighted by atomic mass is 10.1. The normalized spacial score (nSPS) is 12.0. The van der Waals surface area contributed by atoms with E-state index < -0.39 is 0 Å². The average molecular weight is 134 g/mol. The maximum Gasteiger partial charge on any atom is 0.0475 e. The van der Waals surface area contributed by atoms with Crippen LogP contribution in [0.5, 0.6) is 0 Å². The Hall–Kier alpha value is 0.310. The molecule has 0 aliphatic rings. The molecule has 1 nitrogen and oxygen atoms in total. The van der Waals surface area contributed by atoms with Crippen molar-refractivity contribution < 1.29 is 4.74 Å². The molecule has 0 N–H and O–H groups in total. The van der Waals surface area contributed by atoms with Crippen molar-refractivity contribution >= 4 is 12.6 Å². The van der Waals surface area contributed by atoms with Crippen molar-refractivity contribution in [2.75, 3.05) is 13.7 Å². The molecule has 0 saturated heterocycles. The van der Waals surface area contributed by atoms with E-state index in [1.807, 2.05) is 0 Å². The molecule has 0 saturated carbocycles. The molecule has 0 fully saturated rings. The topological polar surface area (TPSA) is 9.23 Å². The molecule has 0 aromatic rings. The molecular formula is C6H14OS. The second kappa shape index (κ2) is 3.36. The van der Waals surface area contributed by atoms with Gasteiger partial charge in [-0.25, -0.2) is 0 Å². The molecule has 0 spiro atoms. The molecule has 0 aromatic carbocycles. The maximum absolute atomic E-state index is 4.87. The van der Waals surface area contributed by atoms with Crippen molar-refractivity contribution in [1.82, 2.24) is 0 Å². The Morgan fingerprint density at radius 2 is 2.00 bits per heavy atom. The van der Waals surface area contributed by atoms with Gasteiger partial charge >= 0.3 is 0 Å². The lowest BCUT2D eigenvalue weighted by molar-refractivity contribution is 0.187. The zero-order valence-corrected chi connectivity index (χ0v) is 6.66. The molecule has 8 heavy (non-hydrogen) atoms. The third kappa shape index (κ3) is 6.31. The summed E-state index contributed by atoms with van der Waals surface area (Å²) in [6, 6.07) is 0. The van der Waals surface area contributed by atoms with E-state index in [1.54, 1.807) is 7.11 Å². The van der Waals surface area contributed by atoms with Gasteiger partial charge in [0, 0.05) is 18.5 Å². The molecule has 0 atom stereocenters. The zero-order chi connectivity index (χ0) is 6.62. The van der Waals surface area contributed by atoms with E-state index in [1.165, 1.54) is 0 Å². The van der Waals surface area contributed by atoms with Gasteiger partial charge in [0.05, 0.1) is 0 Å². The van der Waals surface area contributed by atoms with Gasteiger partial charge in [-0.05, 0) is 6.42 Å². The first-order valence-corrected chi connectivity index (χ1v) is 3.22. The molecule has 0 radical (unpaired) electrons. The number of thiol groups is 1. The molecular weight excluding hydrogens is 120 g/mol. The largest absolute Gasteiger partial charge is 0.385 e. The average Bonchev–Trinajstić information content (AvgIpc) is 1.59. The van der Waals surface area contributed by atoms with E-state index in [9.17, 15) is 0 Å². The number of hydrogen-bond donors (Lipinski definition) is 1. The minimum absolute atomic E-state index is 0.121. The predicted octanol–water partition coefficient (Wildman–Crippen LogP) is 1.73. The van der Waals surface area contributed by atoms with Gasteiger partial charge in [-0.1, -0.05) is 13.8 Å². The highest BCUT2D eigenvalue weighted by molar-refractivity contribution is 7.81. The summed E-state index contributed by atoms with van der Waals surface area (Å²) in [5.74, 6) is 0. The van der Waals surface area contributed by atoms with Gasteiger partial charge in [0.1, 0.15) is 0 Å². The Balaban J connectivity index is 3.11. The molecule has 0 heterocycles. The molecule has 0 bridgehead atoms. The van der Waals surface area contributed by atoms with Gasteiger partial charge in [0.15, 0.2) is 0 Å². The first kappa shape index (κ1) is 8.31. The SMILES string of the molecule is COCCC(C)(C)S. The Labute approximate surface area is 56.8 Å². The second-order valence-electron chi connectivity index (χ2n) is 2.56. The molecule has 2 heteroatoms. The van der Waals surface area contributed by atoms with Gasteiger partial charge in [-0.2, -0.15) is 12.6 Å². The van der Waals surface area contributed by atoms with Crippen LogP contribution in [0.15, 0.2) is 0 Å². The van der Waals surface area contributed by atoms with Crippen molar-refractivity contribution in [3.05, 3.63) is 0 Å². The highest BCUT2D eigenvalue weighted by Crippen LogP contribution is 2.15. The predicted molar refractivity (Wildman–Crippen MR) is 39.6 cm³/mol. The van der Waals surface area contributed by atoms with Crippen LogP contribution in [0, 0.1) is 0 Å². The fourth-order valence-corrected chi connectivity index (χ4v) is 0.443. The molecule has 0 aliphatic heterocycles. The summed E-state index contributed by atoms with van der Waals surface area (Å²) in [5, 5.41) is 0. The van der Waals surface area contributed by atoms with E-state index >= 15 is 0 Å². The highest BCUT2D eigenvalue weighted by atomic mass is 32.1. The van der Waals surface area contributed by atoms with Crippen molar-refractivity contribution in [2.24, 2.45) is 0 Å². The fourth-order valence-electron chi connectivity index (χ4n) is 0.352. The van der Waals surface area contributed by atoms with E-state index in [4.69, 9.17) is 4.74 Å². The first-order chi connectivity index (χ1) is 3.56. The van der Waals surface area contributed by atoms with Crippen molar-refractivity contribution in [3.63, 3.8) is 0 Å². The van der Waals surface area contributed by atoms with Crippen LogP contribution in [0.4, 0.5) is 0 Å². The Morgan fingerprint density at radius 3 is 2.12 bits per heavy atom. The second-order valence-corrected chi connectivity index (χ2v) is 3.77. The molecule has 0 rings (SSSR count). The summed E-state index contributed by atoms with van der Waals surface area (Å²) in [6.45, 7) is 4.96. The molecule has 0 aliphatic carbocycles. The maximum atomic E-state index is 4.87. The summed E-state index contributed by atoms with van der Waals surface area (Å²) in [4.78, 5) is 0. The van der Waals surface area contributed by atoms with Crippen LogP contribution < -0.4 is 0 Å². The molecule has 0 amide bonds. The van der Waals surface area contributed by atoms with Gasteiger partial charge in [-0.15, -0.1) is 0 Å².